The maximum Gasteiger partial charge on any atom is 0.138 e. The van der Waals surface area contributed by atoms with E-state index < -0.39 is 5.82 Å². The zero-order valence-corrected chi connectivity index (χ0v) is 11.0. The van der Waals surface area contributed by atoms with Gasteiger partial charge in [-0.25, -0.2) is 4.39 Å². The molecule has 2 aromatic rings. The molecule has 2 aromatic carbocycles. The molecule has 0 heterocycles. The van der Waals surface area contributed by atoms with Crippen LogP contribution in [-0.2, 0) is 6.61 Å². The quantitative estimate of drug-likeness (QED) is 0.839. The van der Waals surface area contributed by atoms with E-state index in [4.69, 9.17) is 21.6 Å². The summed E-state index contributed by atoms with van der Waals surface area (Å²) >= 11 is 5.99. The summed E-state index contributed by atoms with van der Waals surface area (Å²) in [5, 5.41) is 9.26. The van der Waals surface area contributed by atoms with Crippen LogP contribution in [0.25, 0.3) is 0 Å². The molecule has 0 aromatic heterocycles. The van der Waals surface area contributed by atoms with Gasteiger partial charge in [-0.3, -0.25) is 0 Å². The molecule has 2 nitrogen and oxygen atoms in total. The normalized spacial score (nSPS) is 10.0. The maximum absolute atomic E-state index is 13.6. The van der Waals surface area contributed by atoms with E-state index in [1.807, 2.05) is 19.1 Å². The summed E-state index contributed by atoms with van der Waals surface area (Å²) in [6.45, 7) is 1.95. The third-order valence-corrected chi connectivity index (χ3v) is 2.96. The van der Waals surface area contributed by atoms with Crippen LogP contribution in [0.15, 0.2) is 36.4 Å². The molecule has 0 bridgehead atoms. The number of hydrogen-bond donors (Lipinski definition) is 0. The van der Waals surface area contributed by atoms with Gasteiger partial charge in [-0.15, -0.1) is 0 Å². The molecule has 96 valence electrons. The highest BCUT2D eigenvalue weighted by Gasteiger charge is 2.07. The average molecular weight is 276 g/mol. The first kappa shape index (κ1) is 13.4. The highest BCUT2D eigenvalue weighted by molar-refractivity contribution is 6.32. The Hall–Kier alpha value is -2.05. The molecule has 0 unspecified atom stereocenters. The number of benzene rings is 2. The Morgan fingerprint density at radius 1 is 1.26 bits per heavy atom. The lowest BCUT2D eigenvalue weighted by Gasteiger charge is -2.09. The highest BCUT2D eigenvalue weighted by atomic mass is 35.5. The van der Waals surface area contributed by atoms with Crippen molar-refractivity contribution in [1.29, 1.82) is 5.26 Å². The number of nitrogens with zero attached hydrogens (tertiary/aromatic N) is 1. The Balaban J connectivity index is 2.19. The number of ether oxygens (including phenoxy) is 1. The lowest BCUT2D eigenvalue weighted by molar-refractivity contribution is 0.300. The van der Waals surface area contributed by atoms with E-state index in [1.54, 1.807) is 12.1 Å². The van der Waals surface area contributed by atoms with Crippen molar-refractivity contribution in [2.24, 2.45) is 0 Å². The minimum Gasteiger partial charge on any atom is -0.487 e. The number of halogens is 2. The lowest BCUT2D eigenvalue weighted by Crippen LogP contribution is -2.00. The van der Waals surface area contributed by atoms with E-state index in [1.165, 1.54) is 18.2 Å². The van der Waals surface area contributed by atoms with Gasteiger partial charge in [0.2, 0.25) is 0 Å². The number of rotatable bonds is 3. The topological polar surface area (TPSA) is 33.0 Å². The summed E-state index contributed by atoms with van der Waals surface area (Å²) in [5.74, 6) is 0.103. The molecule has 19 heavy (non-hydrogen) atoms. The molecular formula is C15H11ClFNO. The Kier molecular flexibility index (Phi) is 4.03. The summed E-state index contributed by atoms with van der Waals surface area (Å²) in [6.07, 6.45) is 0. The van der Waals surface area contributed by atoms with E-state index in [0.29, 0.717) is 21.9 Å². The molecule has 0 aliphatic heterocycles. The van der Waals surface area contributed by atoms with Gasteiger partial charge < -0.3 is 4.74 Å². The Bertz CT molecular complexity index is 649. The van der Waals surface area contributed by atoms with Crippen LogP contribution in [0.1, 0.15) is 16.7 Å². The van der Waals surface area contributed by atoms with Crippen molar-refractivity contribution in [3.05, 3.63) is 63.9 Å². The number of aryl methyl sites for hydroxylation is 1. The molecule has 4 heteroatoms. The van der Waals surface area contributed by atoms with Crippen molar-refractivity contribution in [3.8, 4) is 11.8 Å². The van der Waals surface area contributed by atoms with Crippen LogP contribution in [-0.4, -0.2) is 0 Å². The van der Waals surface area contributed by atoms with E-state index in [0.717, 1.165) is 5.56 Å². The highest BCUT2D eigenvalue weighted by Crippen LogP contribution is 2.26. The summed E-state index contributed by atoms with van der Waals surface area (Å²) in [6, 6.07) is 11.5. The molecule has 0 fully saturated rings. The zero-order chi connectivity index (χ0) is 13.8. The first-order valence-electron chi connectivity index (χ1n) is 5.67. The van der Waals surface area contributed by atoms with Crippen LogP contribution in [0.5, 0.6) is 5.75 Å². The minimum absolute atomic E-state index is 0.0323. The SMILES string of the molecule is Cc1ccc(Cl)c(OCc2cc(C#N)ccc2F)c1. The van der Waals surface area contributed by atoms with Crippen LogP contribution >= 0.6 is 11.6 Å². The van der Waals surface area contributed by atoms with Gasteiger partial charge in [-0.05, 0) is 42.8 Å². The second-order valence-electron chi connectivity index (χ2n) is 4.14. The van der Waals surface area contributed by atoms with Gasteiger partial charge in [0.15, 0.2) is 0 Å². The monoisotopic (exact) mass is 275 g/mol. The van der Waals surface area contributed by atoms with Crippen LogP contribution in [0.4, 0.5) is 4.39 Å². The minimum atomic E-state index is -0.400. The van der Waals surface area contributed by atoms with Crippen LogP contribution in [0.3, 0.4) is 0 Å². The molecule has 0 amide bonds. The molecule has 0 N–H and O–H groups in total. The van der Waals surface area contributed by atoms with Crippen molar-refractivity contribution >= 4 is 11.6 Å². The zero-order valence-electron chi connectivity index (χ0n) is 10.3. The van der Waals surface area contributed by atoms with Crippen molar-refractivity contribution in [1.82, 2.24) is 0 Å². The summed E-state index contributed by atoms with van der Waals surface area (Å²) in [4.78, 5) is 0. The van der Waals surface area contributed by atoms with Crippen LogP contribution in [0.2, 0.25) is 5.02 Å². The predicted molar refractivity (Wildman–Crippen MR) is 71.6 cm³/mol. The third-order valence-electron chi connectivity index (χ3n) is 2.64. The fourth-order valence-electron chi connectivity index (χ4n) is 1.63. The molecule has 0 atom stereocenters. The van der Waals surface area contributed by atoms with Crippen LogP contribution in [0, 0.1) is 24.1 Å². The summed E-state index contributed by atoms with van der Waals surface area (Å²) in [5.41, 5.74) is 1.73. The molecular weight excluding hydrogens is 265 g/mol. The van der Waals surface area contributed by atoms with Crippen molar-refractivity contribution in [2.75, 3.05) is 0 Å². The van der Waals surface area contributed by atoms with Gasteiger partial charge in [0.1, 0.15) is 18.2 Å². The largest absolute Gasteiger partial charge is 0.487 e. The van der Waals surface area contributed by atoms with Crippen LogP contribution < -0.4 is 4.74 Å². The van der Waals surface area contributed by atoms with Gasteiger partial charge >= 0.3 is 0 Å². The van der Waals surface area contributed by atoms with Gasteiger partial charge in [-0.2, -0.15) is 5.26 Å². The van der Waals surface area contributed by atoms with E-state index in [-0.39, 0.29) is 6.61 Å². The molecule has 2 rings (SSSR count). The third kappa shape index (κ3) is 3.24. The van der Waals surface area contributed by atoms with E-state index >= 15 is 0 Å². The first-order valence-corrected chi connectivity index (χ1v) is 6.05. The van der Waals surface area contributed by atoms with Crippen molar-refractivity contribution in [3.63, 3.8) is 0 Å². The second-order valence-corrected chi connectivity index (χ2v) is 4.55. The standard InChI is InChI=1S/C15H11ClFNO/c1-10-2-4-13(16)15(6-10)19-9-12-7-11(8-18)3-5-14(12)17/h2-7H,9H2,1H3. The fourth-order valence-corrected chi connectivity index (χ4v) is 1.80. The van der Waals surface area contributed by atoms with Gasteiger partial charge in [0.25, 0.3) is 0 Å². The Morgan fingerprint density at radius 2 is 2.05 bits per heavy atom. The van der Waals surface area contributed by atoms with Gasteiger partial charge in [0.05, 0.1) is 16.7 Å². The Labute approximate surface area is 116 Å². The maximum atomic E-state index is 13.6. The second kappa shape index (κ2) is 5.73. The molecule has 0 saturated carbocycles. The summed E-state index contributed by atoms with van der Waals surface area (Å²) in [7, 11) is 0. The molecule has 0 saturated heterocycles. The molecule has 0 radical (unpaired) electrons. The number of nitriles is 1. The predicted octanol–water partition coefficient (Wildman–Crippen LogP) is 4.24. The Morgan fingerprint density at radius 3 is 2.79 bits per heavy atom. The molecule has 0 aliphatic rings. The average Bonchev–Trinajstić information content (AvgIpc) is 2.41. The number of hydrogen-bond acceptors (Lipinski definition) is 2. The van der Waals surface area contributed by atoms with Crippen molar-refractivity contribution in [2.45, 2.75) is 13.5 Å². The first-order chi connectivity index (χ1) is 9.10. The fraction of sp³-hybridized carbons (Fsp3) is 0.133. The summed E-state index contributed by atoms with van der Waals surface area (Å²) < 4.78 is 19.1. The van der Waals surface area contributed by atoms with Gasteiger partial charge in [-0.1, -0.05) is 17.7 Å². The van der Waals surface area contributed by atoms with Gasteiger partial charge in [0, 0.05) is 5.56 Å². The van der Waals surface area contributed by atoms with Crippen molar-refractivity contribution < 1.29 is 9.13 Å². The molecule has 0 spiro atoms. The molecule has 0 aliphatic carbocycles. The van der Waals surface area contributed by atoms with E-state index in [9.17, 15) is 4.39 Å². The lowest BCUT2D eigenvalue weighted by atomic mass is 10.1. The van der Waals surface area contributed by atoms with E-state index in [2.05, 4.69) is 0 Å². The smallest absolute Gasteiger partial charge is 0.138 e.